The predicted molar refractivity (Wildman–Crippen MR) is 76.6 cm³/mol. The molecule has 0 aromatic rings. The first kappa shape index (κ1) is 15.3. The maximum Gasteiger partial charge on any atom is 0.0661 e. The monoisotopic (exact) mass is 260 g/mol. The van der Waals surface area contributed by atoms with Crippen LogP contribution in [0.15, 0.2) is 0 Å². The zero-order chi connectivity index (χ0) is 12.9. The van der Waals surface area contributed by atoms with Crippen LogP contribution in [0.5, 0.6) is 0 Å². The van der Waals surface area contributed by atoms with Gasteiger partial charge in [0.1, 0.15) is 0 Å². The van der Waals surface area contributed by atoms with E-state index in [0.29, 0.717) is 12.6 Å². The van der Waals surface area contributed by atoms with Crippen molar-refractivity contribution in [1.29, 1.82) is 0 Å². The average molecular weight is 260 g/mol. The third kappa shape index (κ3) is 3.37. The molecule has 2 N–H and O–H groups in total. The Bertz CT molecular complexity index is 223. The molecule has 4 heteroatoms. The Morgan fingerprint density at radius 2 is 2.18 bits per heavy atom. The Kier molecular flexibility index (Phi) is 6.27. The first-order chi connectivity index (χ1) is 8.16. The van der Waals surface area contributed by atoms with E-state index in [2.05, 4.69) is 25.1 Å². The highest BCUT2D eigenvalue weighted by molar-refractivity contribution is 7.98. The molecule has 0 aromatic heterocycles. The van der Waals surface area contributed by atoms with Crippen molar-refractivity contribution in [3.8, 4) is 0 Å². The number of rotatable bonds is 9. The molecular weight excluding hydrogens is 232 g/mol. The maximum absolute atomic E-state index is 6.10. The van der Waals surface area contributed by atoms with E-state index in [0.717, 1.165) is 12.5 Å². The molecule has 0 aromatic carbocycles. The van der Waals surface area contributed by atoms with Gasteiger partial charge in [-0.2, -0.15) is 11.8 Å². The number of likely N-dealkylation sites (N-methyl/N-ethyl adjacent to an activating group) is 1. The highest BCUT2D eigenvalue weighted by atomic mass is 32.2. The molecular formula is C13H28N2OS. The first-order valence-corrected chi connectivity index (χ1v) is 7.96. The molecule has 1 aliphatic rings. The van der Waals surface area contributed by atoms with Crippen LogP contribution < -0.4 is 5.73 Å². The van der Waals surface area contributed by atoms with E-state index in [1.165, 1.54) is 25.0 Å². The molecule has 1 saturated carbocycles. The fraction of sp³-hybridized carbons (Fsp3) is 1.00. The van der Waals surface area contributed by atoms with Crippen molar-refractivity contribution in [3.05, 3.63) is 0 Å². The number of hydrogen-bond donors (Lipinski definition) is 1. The van der Waals surface area contributed by atoms with Gasteiger partial charge in [-0.1, -0.05) is 6.92 Å². The van der Waals surface area contributed by atoms with E-state index >= 15 is 0 Å². The lowest BCUT2D eigenvalue weighted by Crippen LogP contribution is -2.60. The molecule has 1 fully saturated rings. The second kappa shape index (κ2) is 6.98. The van der Waals surface area contributed by atoms with Crippen LogP contribution in [0, 0.1) is 5.92 Å². The van der Waals surface area contributed by atoms with Crippen LogP contribution in [0.2, 0.25) is 0 Å². The van der Waals surface area contributed by atoms with Crippen LogP contribution in [-0.4, -0.2) is 55.8 Å². The van der Waals surface area contributed by atoms with Crippen molar-refractivity contribution in [1.82, 2.24) is 4.90 Å². The minimum atomic E-state index is 0.0607. The second-order valence-electron chi connectivity index (χ2n) is 5.14. The molecule has 0 radical (unpaired) electrons. The van der Waals surface area contributed by atoms with E-state index in [9.17, 15) is 0 Å². The van der Waals surface area contributed by atoms with Crippen LogP contribution in [0.4, 0.5) is 0 Å². The SMILES string of the molecule is CCC(CSC)N(C)C(CN)(COC)C1CC1. The number of thioether (sulfide) groups is 1. The third-order valence-corrected chi connectivity index (χ3v) is 4.88. The van der Waals surface area contributed by atoms with Gasteiger partial charge in [-0.3, -0.25) is 4.90 Å². The summed E-state index contributed by atoms with van der Waals surface area (Å²) < 4.78 is 5.47. The van der Waals surface area contributed by atoms with Gasteiger partial charge in [0.15, 0.2) is 0 Å². The Balaban J connectivity index is 2.79. The highest BCUT2D eigenvalue weighted by Crippen LogP contribution is 2.43. The number of methoxy groups -OCH3 is 1. The Labute approximate surface area is 110 Å². The summed E-state index contributed by atoms with van der Waals surface area (Å²) in [5.41, 5.74) is 6.16. The lowest BCUT2D eigenvalue weighted by Gasteiger charge is -2.45. The lowest BCUT2D eigenvalue weighted by atomic mass is 9.90. The number of nitrogens with two attached hydrogens (primary N) is 1. The zero-order valence-electron chi connectivity index (χ0n) is 11.7. The number of ether oxygens (including phenoxy) is 1. The number of hydrogen-bond acceptors (Lipinski definition) is 4. The molecule has 0 spiro atoms. The predicted octanol–water partition coefficient (Wildman–Crippen LogP) is 1.81. The summed E-state index contributed by atoms with van der Waals surface area (Å²) in [5.74, 6) is 1.90. The smallest absolute Gasteiger partial charge is 0.0661 e. The topological polar surface area (TPSA) is 38.5 Å². The molecule has 0 amide bonds. The van der Waals surface area contributed by atoms with Crippen LogP contribution >= 0.6 is 11.8 Å². The normalized spacial score (nSPS) is 21.5. The summed E-state index contributed by atoms with van der Waals surface area (Å²) >= 11 is 1.92. The summed E-state index contributed by atoms with van der Waals surface area (Å²) in [4.78, 5) is 2.50. The molecule has 102 valence electrons. The van der Waals surface area contributed by atoms with Gasteiger partial charge >= 0.3 is 0 Å². The molecule has 2 unspecified atom stereocenters. The van der Waals surface area contributed by atoms with Gasteiger partial charge in [0, 0.05) is 25.4 Å². The van der Waals surface area contributed by atoms with Gasteiger partial charge in [0.2, 0.25) is 0 Å². The lowest BCUT2D eigenvalue weighted by molar-refractivity contribution is -0.00526. The molecule has 17 heavy (non-hydrogen) atoms. The summed E-state index contributed by atoms with van der Waals surface area (Å²) in [7, 11) is 4.02. The summed E-state index contributed by atoms with van der Waals surface area (Å²) in [5, 5.41) is 0. The fourth-order valence-electron chi connectivity index (χ4n) is 2.81. The fourth-order valence-corrected chi connectivity index (χ4v) is 3.65. The van der Waals surface area contributed by atoms with Gasteiger partial charge in [-0.25, -0.2) is 0 Å². The van der Waals surface area contributed by atoms with Gasteiger partial charge in [-0.05, 0) is 38.5 Å². The van der Waals surface area contributed by atoms with Crippen LogP contribution in [0.25, 0.3) is 0 Å². The highest BCUT2D eigenvalue weighted by Gasteiger charge is 2.48. The van der Waals surface area contributed by atoms with E-state index in [1.54, 1.807) is 7.11 Å². The molecule has 0 saturated heterocycles. The van der Waals surface area contributed by atoms with Crippen LogP contribution in [-0.2, 0) is 4.74 Å². The average Bonchev–Trinajstić information content (AvgIpc) is 3.16. The maximum atomic E-state index is 6.10. The van der Waals surface area contributed by atoms with Gasteiger partial charge in [0.25, 0.3) is 0 Å². The van der Waals surface area contributed by atoms with Crippen LogP contribution in [0.1, 0.15) is 26.2 Å². The van der Waals surface area contributed by atoms with E-state index < -0.39 is 0 Å². The second-order valence-corrected chi connectivity index (χ2v) is 6.05. The van der Waals surface area contributed by atoms with Crippen molar-refractivity contribution in [2.45, 2.75) is 37.8 Å². The first-order valence-electron chi connectivity index (χ1n) is 6.57. The molecule has 1 rings (SSSR count). The molecule has 0 bridgehead atoms. The van der Waals surface area contributed by atoms with Crippen molar-refractivity contribution in [2.75, 3.05) is 39.3 Å². The molecule has 3 nitrogen and oxygen atoms in total. The van der Waals surface area contributed by atoms with E-state index in [-0.39, 0.29) is 5.54 Å². The summed E-state index contributed by atoms with van der Waals surface area (Å²) in [6.45, 7) is 3.72. The summed E-state index contributed by atoms with van der Waals surface area (Å²) in [6, 6.07) is 0.601. The molecule has 2 atom stereocenters. The molecule has 0 aliphatic heterocycles. The Morgan fingerprint density at radius 1 is 1.53 bits per heavy atom. The Hall–Kier alpha value is 0.230. The minimum absolute atomic E-state index is 0.0607. The number of nitrogens with zero attached hydrogens (tertiary/aromatic N) is 1. The Morgan fingerprint density at radius 3 is 2.53 bits per heavy atom. The zero-order valence-corrected chi connectivity index (χ0v) is 12.6. The van der Waals surface area contributed by atoms with E-state index in [4.69, 9.17) is 10.5 Å². The quantitative estimate of drug-likeness (QED) is 0.686. The third-order valence-electron chi connectivity index (χ3n) is 4.17. The van der Waals surface area contributed by atoms with Gasteiger partial charge in [-0.15, -0.1) is 0 Å². The van der Waals surface area contributed by atoms with Gasteiger partial charge < -0.3 is 10.5 Å². The van der Waals surface area contributed by atoms with E-state index in [1.807, 2.05) is 11.8 Å². The minimum Gasteiger partial charge on any atom is -0.383 e. The molecule has 1 aliphatic carbocycles. The van der Waals surface area contributed by atoms with Crippen LogP contribution in [0.3, 0.4) is 0 Å². The standard InChI is InChI=1S/C13H28N2OS/c1-5-12(8-17-4)15(2)13(9-14,10-16-3)11-6-7-11/h11-12H,5-10,14H2,1-4H3. The van der Waals surface area contributed by atoms with Crippen molar-refractivity contribution < 1.29 is 4.74 Å². The largest absolute Gasteiger partial charge is 0.383 e. The van der Waals surface area contributed by atoms with Crippen molar-refractivity contribution in [3.63, 3.8) is 0 Å². The summed E-state index contributed by atoms with van der Waals surface area (Å²) in [6.07, 6.45) is 5.96. The van der Waals surface area contributed by atoms with Crippen molar-refractivity contribution in [2.24, 2.45) is 11.7 Å². The molecule has 0 heterocycles. The van der Waals surface area contributed by atoms with Gasteiger partial charge in [0.05, 0.1) is 12.1 Å². The van der Waals surface area contributed by atoms with Crippen molar-refractivity contribution >= 4 is 11.8 Å².